The second-order valence-electron chi connectivity index (χ2n) is 7.42. The number of hydrogen-bond acceptors (Lipinski definition) is 5. The summed E-state index contributed by atoms with van der Waals surface area (Å²) >= 11 is 6.10. The van der Waals surface area contributed by atoms with Crippen molar-refractivity contribution in [1.29, 1.82) is 0 Å². The van der Waals surface area contributed by atoms with Gasteiger partial charge in [-0.15, -0.1) is 0 Å². The van der Waals surface area contributed by atoms with Gasteiger partial charge < -0.3 is 10.1 Å². The second-order valence-corrected chi connectivity index (χ2v) is 7.83. The molecule has 0 saturated carbocycles. The third-order valence-corrected chi connectivity index (χ3v) is 5.04. The van der Waals surface area contributed by atoms with Crippen molar-refractivity contribution < 1.29 is 9.53 Å². The van der Waals surface area contributed by atoms with Gasteiger partial charge in [0.25, 0.3) is 0 Å². The quantitative estimate of drug-likeness (QED) is 0.375. The number of carbonyl (C=O) groups excluding carboxylic acids is 1. The van der Waals surface area contributed by atoms with Crippen LogP contribution in [0.4, 0.5) is 5.69 Å². The number of amides is 1. The minimum absolute atomic E-state index is 0.260. The molecule has 2 aromatic carbocycles. The van der Waals surface area contributed by atoms with Crippen molar-refractivity contribution in [3.8, 4) is 17.4 Å². The molecule has 1 N–H and O–H groups in total. The molecule has 0 aliphatic heterocycles. The zero-order valence-electron chi connectivity index (χ0n) is 18.4. The zero-order valence-corrected chi connectivity index (χ0v) is 19.2. The summed E-state index contributed by atoms with van der Waals surface area (Å²) in [6.07, 6.45) is 3.11. The first-order valence-electron chi connectivity index (χ1n) is 10.3. The lowest BCUT2D eigenvalue weighted by Crippen LogP contribution is -2.07. The molecule has 0 saturated heterocycles. The normalized spacial score (nSPS) is 11.0. The molecular formula is C25H22ClN5O2. The molecule has 0 spiro atoms. The van der Waals surface area contributed by atoms with Gasteiger partial charge in [0, 0.05) is 28.5 Å². The number of carbonyl (C=O) groups is 1. The van der Waals surface area contributed by atoms with E-state index in [9.17, 15) is 4.79 Å². The van der Waals surface area contributed by atoms with Gasteiger partial charge in [-0.05, 0) is 68.8 Å². The molecule has 8 heteroatoms. The molecule has 2 aromatic heterocycles. The Bertz CT molecular complexity index is 1330. The molecule has 1 amide bonds. The molecule has 0 atom stereocenters. The minimum atomic E-state index is -0.260. The molecule has 0 aliphatic rings. The Morgan fingerprint density at radius 3 is 2.48 bits per heavy atom. The Kier molecular flexibility index (Phi) is 6.51. The molecule has 0 radical (unpaired) electrons. The van der Waals surface area contributed by atoms with Crippen LogP contribution in [0.5, 0.6) is 11.6 Å². The number of benzene rings is 2. The van der Waals surface area contributed by atoms with Gasteiger partial charge in [-0.2, -0.15) is 10.1 Å². The summed E-state index contributed by atoms with van der Waals surface area (Å²) in [5, 5.41) is 7.86. The fraction of sp³-hybridized carbons (Fsp3) is 0.120. The highest BCUT2D eigenvalue weighted by molar-refractivity contribution is 6.32. The summed E-state index contributed by atoms with van der Waals surface area (Å²) in [6.45, 7) is 5.70. The maximum atomic E-state index is 12.2. The Morgan fingerprint density at radius 2 is 1.79 bits per heavy atom. The van der Waals surface area contributed by atoms with Crippen LogP contribution >= 0.6 is 11.6 Å². The van der Waals surface area contributed by atoms with Crippen molar-refractivity contribution in [2.24, 2.45) is 0 Å². The number of rotatable bonds is 6. The fourth-order valence-electron chi connectivity index (χ4n) is 3.23. The highest BCUT2D eigenvalue weighted by atomic mass is 35.5. The third-order valence-electron chi connectivity index (χ3n) is 4.69. The predicted octanol–water partition coefficient (Wildman–Crippen LogP) is 5.69. The van der Waals surface area contributed by atoms with E-state index in [1.165, 1.54) is 6.08 Å². The maximum Gasteiger partial charge on any atom is 0.248 e. The third kappa shape index (κ3) is 5.64. The molecule has 4 aromatic rings. The van der Waals surface area contributed by atoms with Crippen LogP contribution in [0.3, 0.4) is 0 Å². The molecule has 4 rings (SSSR count). The summed E-state index contributed by atoms with van der Waals surface area (Å²) in [5.41, 5.74) is 3.29. The number of nitrogens with one attached hydrogen (secondary N) is 1. The standard InChI is InChI=1S/C25H22ClN5O2/c1-16-14-17(2)31(30-16)23-15-25(28-18(3)27-23)33-21-11-9-20(10-12-21)29-24(32)13-8-19-6-4-5-7-22(19)26/h4-15H,1-3H3,(H,29,32)/b13-8+. The van der Waals surface area contributed by atoms with E-state index in [0.29, 0.717) is 34.0 Å². The summed E-state index contributed by atoms with van der Waals surface area (Å²) < 4.78 is 7.67. The van der Waals surface area contributed by atoms with Crippen molar-refractivity contribution in [2.45, 2.75) is 20.8 Å². The Balaban J connectivity index is 1.43. The zero-order chi connectivity index (χ0) is 23.4. The minimum Gasteiger partial charge on any atom is -0.439 e. The fourth-order valence-corrected chi connectivity index (χ4v) is 3.43. The number of aromatic nitrogens is 4. The molecule has 166 valence electrons. The number of aryl methyl sites for hydroxylation is 3. The molecule has 0 aliphatic carbocycles. The van der Waals surface area contributed by atoms with E-state index >= 15 is 0 Å². The maximum absolute atomic E-state index is 12.2. The van der Waals surface area contributed by atoms with Gasteiger partial charge in [-0.25, -0.2) is 9.67 Å². The number of ether oxygens (including phenoxy) is 1. The number of nitrogens with zero attached hydrogens (tertiary/aromatic N) is 4. The average molecular weight is 460 g/mol. The van der Waals surface area contributed by atoms with E-state index in [1.807, 2.05) is 38.1 Å². The molecule has 0 fully saturated rings. The van der Waals surface area contributed by atoms with E-state index in [1.54, 1.807) is 54.1 Å². The van der Waals surface area contributed by atoms with Crippen LogP contribution in [0.1, 0.15) is 22.8 Å². The van der Waals surface area contributed by atoms with Crippen LogP contribution in [0, 0.1) is 20.8 Å². The van der Waals surface area contributed by atoms with Crippen molar-refractivity contribution in [2.75, 3.05) is 5.32 Å². The van der Waals surface area contributed by atoms with Gasteiger partial charge in [0.1, 0.15) is 11.6 Å². The van der Waals surface area contributed by atoms with E-state index in [2.05, 4.69) is 20.4 Å². The van der Waals surface area contributed by atoms with Crippen LogP contribution in [0.2, 0.25) is 5.02 Å². The molecule has 7 nitrogen and oxygen atoms in total. The summed E-state index contributed by atoms with van der Waals surface area (Å²) in [5.74, 6) is 1.94. The summed E-state index contributed by atoms with van der Waals surface area (Å²) in [6, 6.07) is 18.1. The highest BCUT2D eigenvalue weighted by Crippen LogP contribution is 2.24. The van der Waals surface area contributed by atoms with Gasteiger partial charge >= 0.3 is 0 Å². The monoisotopic (exact) mass is 459 g/mol. The van der Waals surface area contributed by atoms with E-state index in [4.69, 9.17) is 16.3 Å². The summed E-state index contributed by atoms with van der Waals surface area (Å²) in [7, 11) is 0. The lowest BCUT2D eigenvalue weighted by atomic mass is 10.2. The van der Waals surface area contributed by atoms with E-state index in [-0.39, 0.29) is 5.91 Å². The van der Waals surface area contributed by atoms with Crippen LogP contribution in [-0.2, 0) is 4.79 Å². The first kappa shape index (κ1) is 22.2. The van der Waals surface area contributed by atoms with Crippen LogP contribution in [-0.4, -0.2) is 25.7 Å². The number of hydrogen-bond donors (Lipinski definition) is 1. The van der Waals surface area contributed by atoms with E-state index < -0.39 is 0 Å². The smallest absolute Gasteiger partial charge is 0.248 e. The van der Waals surface area contributed by atoms with Gasteiger partial charge in [-0.1, -0.05) is 29.8 Å². The molecule has 2 heterocycles. The van der Waals surface area contributed by atoms with Crippen LogP contribution in [0.25, 0.3) is 11.9 Å². The van der Waals surface area contributed by atoms with Gasteiger partial charge in [-0.3, -0.25) is 4.79 Å². The van der Waals surface area contributed by atoms with E-state index in [0.717, 1.165) is 17.0 Å². The lowest BCUT2D eigenvalue weighted by molar-refractivity contribution is -0.111. The Hall–Kier alpha value is -3.97. The molecule has 33 heavy (non-hydrogen) atoms. The largest absolute Gasteiger partial charge is 0.439 e. The SMILES string of the molecule is Cc1cc(C)n(-c2cc(Oc3ccc(NC(=O)/C=C/c4ccccc4Cl)cc3)nc(C)n2)n1. The van der Waals surface area contributed by atoms with Gasteiger partial charge in [0.15, 0.2) is 5.82 Å². The van der Waals surface area contributed by atoms with Crippen molar-refractivity contribution in [1.82, 2.24) is 19.7 Å². The van der Waals surface area contributed by atoms with Crippen LogP contribution < -0.4 is 10.1 Å². The van der Waals surface area contributed by atoms with Gasteiger partial charge in [0.05, 0.1) is 5.69 Å². The predicted molar refractivity (Wildman–Crippen MR) is 129 cm³/mol. The topological polar surface area (TPSA) is 81.9 Å². The first-order valence-corrected chi connectivity index (χ1v) is 10.7. The lowest BCUT2D eigenvalue weighted by Gasteiger charge is -2.09. The number of anilines is 1. The van der Waals surface area contributed by atoms with Crippen molar-refractivity contribution in [3.63, 3.8) is 0 Å². The molecule has 0 unspecified atom stereocenters. The first-order chi connectivity index (χ1) is 15.9. The van der Waals surface area contributed by atoms with Crippen molar-refractivity contribution >= 4 is 29.3 Å². The van der Waals surface area contributed by atoms with Crippen LogP contribution in [0.15, 0.2) is 66.7 Å². The van der Waals surface area contributed by atoms with Gasteiger partial charge in [0.2, 0.25) is 11.8 Å². The average Bonchev–Trinajstić information content (AvgIpc) is 3.12. The number of halogens is 1. The molecule has 0 bridgehead atoms. The molecular weight excluding hydrogens is 438 g/mol. The Labute approximate surface area is 196 Å². The highest BCUT2D eigenvalue weighted by Gasteiger charge is 2.10. The summed E-state index contributed by atoms with van der Waals surface area (Å²) in [4.78, 5) is 21.0. The van der Waals surface area contributed by atoms with Crippen molar-refractivity contribution in [3.05, 3.63) is 94.5 Å². The second kappa shape index (κ2) is 9.67. The Morgan fingerprint density at radius 1 is 1.03 bits per heavy atom.